The largest absolute Gasteiger partial charge is 0.493 e. The average Bonchev–Trinajstić information content (AvgIpc) is 3.25. The van der Waals surface area contributed by atoms with Crippen LogP contribution in [0.25, 0.3) is 0 Å². The maximum absolute atomic E-state index is 13.3. The number of hydrogen-bond donors (Lipinski definition) is 1. The van der Waals surface area contributed by atoms with Crippen LogP contribution in [0.2, 0.25) is 0 Å². The second-order valence-corrected chi connectivity index (χ2v) is 10.7. The smallest absolute Gasteiger partial charge is 0.238 e. The Kier molecular flexibility index (Phi) is 6.85. The van der Waals surface area contributed by atoms with Crippen LogP contribution in [-0.4, -0.2) is 38.1 Å². The molecule has 0 saturated carbocycles. The minimum Gasteiger partial charge on any atom is -0.493 e. The molecule has 5 rings (SSSR count). The third-order valence-corrected chi connectivity index (χ3v) is 8.91. The quantitative estimate of drug-likeness (QED) is 0.471. The third-order valence-electron chi connectivity index (χ3n) is 7.52. The zero-order chi connectivity index (χ0) is 24.5. The van der Waals surface area contributed by atoms with Gasteiger partial charge in [0.2, 0.25) is 5.91 Å². The summed E-state index contributed by atoms with van der Waals surface area (Å²) in [7, 11) is 3.33. The molecule has 1 aromatic heterocycles. The summed E-state index contributed by atoms with van der Waals surface area (Å²) in [6, 6.07) is 12.2. The Morgan fingerprint density at radius 3 is 2.63 bits per heavy atom. The number of amides is 1. The van der Waals surface area contributed by atoms with Crippen molar-refractivity contribution in [2.75, 3.05) is 32.6 Å². The zero-order valence-electron chi connectivity index (χ0n) is 21.1. The first-order valence-electron chi connectivity index (χ1n) is 12.5. The molecular formula is C29H34N2O3S. The van der Waals surface area contributed by atoms with Crippen molar-refractivity contribution in [3.8, 4) is 11.5 Å². The van der Waals surface area contributed by atoms with Crippen LogP contribution in [0.4, 0.5) is 5.69 Å². The van der Waals surface area contributed by atoms with E-state index in [-0.39, 0.29) is 11.9 Å². The van der Waals surface area contributed by atoms with Crippen molar-refractivity contribution >= 4 is 22.9 Å². The summed E-state index contributed by atoms with van der Waals surface area (Å²) < 4.78 is 11.1. The number of carbonyl (C=O) groups excluding carboxylic acids is 1. The number of methoxy groups -OCH3 is 2. The predicted octanol–water partition coefficient (Wildman–Crippen LogP) is 5.85. The minimum absolute atomic E-state index is 0.0222. The van der Waals surface area contributed by atoms with Gasteiger partial charge in [-0.3, -0.25) is 9.69 Å². The van der Waals surface area contributed by atoms with E-state index in [1.165, 1.54) is 41.7 Å². The van der Waals surface area contributed by atoms with Crippen molar-refractivity contribution in [3.05, 3.63) is 74.0 Å². The van der Waals surface area contributed by atoms with Gasteiger partial charge in [-0.15, -0.1) is 11.3 Å². The molecule has 0 fully saturated rings. The van der Waals surface area contributed by atoms with Gasteiger partial charge in [0, 0.05) is 22.0 Å². The summed E-state index contributed by atoms with van der Waals surface area (Å²) in [6.45, 7) is 5.33. The van der Waals surface area contributed by atoms with Crippen molar-refractivity contribution in [1.82, 2.24) is 4.90 Å². The zero-order valence-corrected chi connectivity index (χ0v) is 21.9. The fourth-order valence-corrected chi connectivity index (χ4v) is 7.12. The summed E-state index contributed by atoms with van der Waals surface area (Å²) in [5, 5.41) is 3.16. The van der Waals surface area contributed by atoms with Crippen LogP contribution in [0.1, 0.15) is 56.5 Å². The number of thiophene rings is 1. The molecule has 2 aromatic carbocycles. The fourth-order valence-electron chi connectivity index (χ4n) is 5.51. The molecule has 0 saturated heterocycles. The van der Waals surface area contributed by atoms with Gasteiger partial charge in [-0.05, 0) is 92.0 Å². The van der Waals surface area contributed by atoms with E-state index in [1.54, 1.807) is 24.7 Å². The van der Waals surface area contributed by atoms with Crippen LogP contribution in [-0.2, 0) is 24.1 Å². The van der Waals surface area contributed by atoms with Crippen molar-refractivity contribution in [1.29, 1.82) is 0 Å². The number of rotatable bonds is 6. The number of anilines is 1. The van der Waals surface area contributed by atoms with Crippen LogP contribution in [0.15, 0.2) is 36.4 Å². The number of hydrogen-bond acceptors (Lipinski definition) is 5. The van der Waals surface area contributed by atoms with Crippen LogP contribution < -0.4 is 14.8 Å². The second-order valence-electron chi connectivity index (χ2n) is 9.59. The van der Waals surface area contributed by atoms with Crippen LogP contribution >= 0.6 is 11.3 Å². The number of benzene rings is 2. The van der Waals surface area contributed by atoms with Crippen LogP contribution in [0.5, 0.6) is 11.5 Å². The van der Waals surface area contributed by atoms with Gasteiger partial charge in [-0.25, -0.2) is 0 Å². The third kappa shape index (κ3) is 4.57. The summed E-state index contributed by atoms with van der Waals surface area (Å²) in [6.07, 6.45) is 5.92. The summed E-state index contributed by atoms with van der Waals surface area (Å²) in [5.41, 5.74) is 7.43. The molecule has 2 aliphatic rings. The van der Waals surface area contributed by atoms with Gasteiger partial charge in [0.15, 0.2) is 11.5 Å². The lowest BCUT2D eigenvalue weighted by molar-refractivity contribution is -0.117. The highest BCUT2D eigenvalue weighted by Crippen LogP contribution is 2.46. The molecule has 0 radical (unpaired) electrons. The molecule has 1 atom stereocenters. The molecule has 0 unspecified atom stereocenters. The molecule has 0 spiro atoms. The number of aryl methyl sites for hydroxylation is 2. The van der Waals surface area contributed by atoms with Crippen LogP contribution in [0.3, 0.4) is 0 Å². The number of carbonyl (C=O) groups is 1. The molecule has 1 aliphatic carbocycles. The summed E-state index contributed by atoms with van der Waals surface area (Å²) in [5.74, 6) is 1.46. The average molecular weight is 491 g/mol. The number of ether oxygens (including phenoxy) is 2. The summed E-state index contributed by atoms with van der Waals surface area (Å²) in [4.78, 5) is 18.5. The highest BCUT2D eigenvalue weighted by Gasteiger charge is 2.35. The molecule has 6 heteroatoms. The topological polar surface area (TPSA) is 50.8 Å². The van der Waals surface area contributed by atoms with Crippen molar-refractivity contribution in [2.45, 2.75) is 52.0 Å². The Labute approximate surface area is 212 Å². The molecule has 2 heterocycles. The Morgan fingerprint density at radius 2 is 1.83 bits per heavy atom. The lowest BCUT2D eigenvalue weighted by Crippen LogP contribution is -2.40. The standard InChI is InChI=1S/C29H34N2O3S/c1-18-8-7-10-23(19(18)2)30-27(32)17-31-15-14-22-21-9-5-6-11-26(21)35-29(22)28(31)20-12-13-24(33-3)25(16-20)34-4/h7-8,10,12-13,16,28H,5-6,9,11,14-15,17H2,1-4H3,(H,30,32)/t28-/m1/s1. The van der Waals surface area contributed by atoms with Gasteiger partial charge < -0.3 is 14.8 Å². The van der Waals surface area contributed by atoms with Gasteiger partial charge in [-0.1, -0.05) is 18.2 Å². The first kappa shape index (κ1) is 23.9. The number of nitrogens with one attached hydrogen (secondary N) is 1. The van der Waals surface area contributed by atoms with Crippen molar-refractivity contribution in [3.63, 3.8) is 0 Å². The monoisotopic (exact) mass is 490 g/mol. The van der Waals surface area contributed by atoms with E-state index in [2.05, 4.69) is 42.3 Å². The van der Waals surface area contributed by atoms with Gasteiger partial charge >= 0.3 is 0 Å². The van der Waals surface area contributed by atoms with Gasteiger partial charge in [-0.2, -0.15) is 0 Å². The maximum atomic E-state index is 13.3. The van der Waals surface area contributed by atoms with E-state index in [0.717, 1.165) is 41.3 Å². The lowest BCUT2D eigenvalue weighted by Gasteiger charge is -2.36. The van der Waals surface area contributed by atoms with E-state index in [0.29, 0.717) is 6.54 Å². The van der Waals surface area contributed by atoms with Crippen molar-refractivity contribution in [2.24, 2.45) is 0 Å². The fraction of sp³-hybridized carbons (Fsp3) is 0.414. The molecule has 0 bridgehead atoms. The molecule has 35 heavy (non-hydrogen) atoms. The van der Waals surface area contributed by atoms with E-state index in [4.69, 9.17) is 9.47 Å². The minimum atomic E-state index is 0.0222. The van der Waals surface area contributed by atoms with Gasteiger partial charge in [0.25, 0.3) is 0 Å². The predicted molar refractivity (Wildman–Crippen MR) is 142 cm³/mol. The first-order valence-corrected chi connectivity index (χ1v) is 13.3. The Bertz CT molecular complexity index is 1250. The molecule has 5 nitrogen and oxygen atoms in total. The van der Waals surface area contributed by atoms with Gasteiger partial charge in [0.05, 0.1) is 26.8 Å². The van der Waals surface area contributed by atoms with Gasteiger partial charge in [0.1, 0.15) is 0 Å². The van der Waals surface area contributed by atoms with E-state index < -0.39 is 0 Å². The Balaban J connectivity index is 1.49. The number of fused-ring (bicyclic) bond motifs is 3. The van der Waals surface area contributed by atoms with E-state index in [9.17, 15) is 4.79 Å². The Morgan fingerprint density at radius 1 is 1.03 bits per heavy atom. The molecule has 1 amide bonds. The summed E-state index contributed by atoms with van der Waals surface area (Å²) >= 11 is 1.96. The maximum Gasteiger partial charge on any atom is 0.238 e. The molecular weight excluding hydrogens is 456 g/mol. The molecule has 184 valence electrons. The van der Waals surface area contributed by atoms with E-state index in [1.807, 2.05) is 29.5 Å². The van der Waals surface area contributed by atoms with Crippen molar-refractivity contribution < 1.29 is 14.3 Å². The number of nitrogens with zero attached hydrogens (tertiary/aromatic N) is 1. The second kappa shape index (κ2) is 10.0. The molecule has 1 aliphatic heterocycles. The highest BCUT2D eigenvalue weighted by atomic mass is 32.1. The van der Waals surface area contributed by atoms with E-state index >= 15 is 0 Å². The lowest BCUT2D eigenvalue weighted by atomic mass is 9.88. The Hall–Kier alpha value is -2.83. The molecule has 3 aromatic rings. The SMILES string of the molecule is COc1ccc([C@@H]2c3sc4c(c3CCN2CC(=O)Nc2cccc(C)c2C)CCCC4)cc1OC. The molecule has 1 N–H and O–H groups in total. The highest BCUT2D eigenvalue weighted by molar-refractivity contribution is 7.12. The first-order chi connectivity index (χ1) is 17.0. The van der Waals surface area contributed by atoms with Crippen LogP contribution in [0, 0.1) is 13.8 Å². The normalized spacial score (nSPS) is 17.4.